The van der Waals surface area contributed by atoms with Gasteiger partial charge in [-0.15, -0.1) is 0 Å². The summed E-state index contributed by atoms with van der Waals surface area (Å²) in [5.41, 5.74) is 5.96. The van der Waals surface area contributed by atoms with Gasteiger partial charge in [-0.3, -0.25) is 14.9 Å². The predicted octanol–water partition coefficient (Wildman–Crippen LogP) is 3.20. The van der Waals surface area contributed by atoms with Crippen molar-refractivity contribution >= 4 is 5.91 Å². The lowest BCUT2D eigenvalue weighted by Crippen LogP contribution is -2.28. The van der Waals surface area contributed by atoms with Gasteiger partial charge in [0.05, 0.1) is 25.0 Å². The second-order valence-electron chi connectivity index (χ2n) is 6.75. The lowest BCUT2D eigenvalue weighted by atomic mass is 9.95. The Kier molecular flexibility index (Phi) is 5.82. The van der Waals surface area contributed by atoms with Crippen LogP contribution in [0.2, 0.25) is 0 Å². The highest BCUT2D eigenvalue weighted by Crippen LogP contribution is 2.27. The molecule has 1 atom stereocenters. The fourth-order valence-electron chi connectivity index (χ4n) is 3.35. The van der Waals surface area contributed by atoms with Gasteiger partial charge in [0.15, 0.2) is 0 Å². The Morgan fingerprint density at radius 2 is 2.00 bits per heavy atom. The molecule has 25 heavy (non-hydrogen) atoms. The molecule has 2 aromatic rings. The summed E-state index contributed by atoms with van der Waals surface area (Å²) in [7, 11) is 3.48. The zero-order chi connectivity index (χ0) is 18.7. The normalized spacial score (nSPS) is 12.1. The van der Waals surface area contributed by atoms with Crippen molar-refractivity contribution in [1.82, 2.24) is 20.1 Å². The van der Waals surface area contributed by atoms with Gasteiger partial charge in [0.25, 0.3) is 0 Å². The molecule has 0 radical (unpaired) electrons. The van der Waals surface area contributed by atoms with Crippen LogP contribution in [0.25, 0.3) is 0 Å². The van der Waals surface area contributed by atoms with Crippen molar-refractivity contribution in [1.29, 1.82) is 0 Å². The fraction of sp³-hybridized carbons (Fsp3) is 0.526. The van der Waals surface area contributed by atoms with Crippen molar-refractivity contribution in [2.75, 3.05) is 14.2 Å². The molecule has 0 saturated heterocycles. The van der Waals surface area contributed by atoms with Gasteiger partial charge in [-0.1, -0.05) is 6.92 Å². The van der Waals surface area contributed by atoms with Crippen LogP contribution in [0, 0.1) is 27.7 Å². The molecule has 0 aliphatic carbocycles. The molecular weight excluding hydrogens is 316 g/mol. The summed E-state index contributed by atoms with van der Waals surface area (Å²) in [5, 5.41) is 7.21. The first-order chi connectivity index (χ1) is 11.8. The van der Waals surface area contributed by atoms with Crippen molar-refractivity contribution in [3.8, 4) is 5.75 Å². The van der Waals surface area contributed by atoms with Crippen LogP contribution in [0.5, 0.6) is 5.75 Å². The number of methoxy groups -OCH3 is 1. The first kappa shape index (κ1) is 19.0. The Bertz CT molecular complexity index is 748. The number of carbonyl (C=O) groups is 1. The molecule has 136 valence electrons. The number of rotatable bonds is 6. The second-order valence-corrected chi connectivity index (χ2v) is 6.75. The van der Waals surface area contributed by atoms with E-state index in [0.29, 0.717) is 13.0 Å². The van der Waals surface area contributed by atoms with Crippen LogP contribution in [0.15, 0.2) is 6.20 Å². The van der Waals surface area contributed by atoms with E-state index in [0.717, 1.165) is 39.5 Å². The third kappa shape index (κ3) is 4.00. The van der Waals surface area contributed by atoms with E-state index < -0.39 is 0 Å². The highest BCUT2D eigenvalue weighted by atomic mass is 16.5. The molecule has 1 N–H and O–H groups in total. The number of H-pyrrole nitrogens is 1. The minimum absolute atomic E-state index is 0.0910. The SMILES string of the molecule is COc1c(C)cnc(CN(C)C(=O)CC(C)c2c(C)n[nH]c2C)c1C. The van der Waals surface area contributed by atoms with Crippen LogP contribution in [0.1, 0.15) is 53.0 Å². The first-order valence-electron chi connectivity index (χ1n) is 8.50. The largest absolute Gasteiger partial charge is 0.496 e. The topological polar surface area (TPSA) is 71.1 Å². The highest BCUT2D eigenvalue weighted by molar-refractivity contribution is 5.77. The number of aromatic nitrogens is 3. The number of hydrogen-bond donors (Lipinski definition) is 1. The van der Waals surface area contributed by atoms with E-state index in [9.17, 15) is 4.79 Å². The zero-order valence-electron chi connectivity index (χ0n) is 16.2. The Morgan fingerprint density at radius 3 is 2.56 bits per heavy atom. The lowest BCUT2D eigenvalue weighted by Gasteiger charge is -2.21. The molecule has 6 heteroatoms. The standard InChI is InChI=1S/C19H28N4O2/c1-11(18-14(4)21-22-15(18)5)8-17(24)23(6)10-16-13(3)19(25-7)12(2)9-20-16/h9,11H,8,10H2,1-7H3,(H,21,22). The minimum atomic E-state index is 0.0910. The molecule has 0 bridgehead atoms. The minimum Gasteiger partial charge on any atom is -0.496 e. The van der Waals surface area contributed by atoms with Crippen LogP contribution in [-0.4, -0.2) is 40.1 Å². The smallest absolute Gasteiger partial charge is 0.223 e. The molecule has 0 fully saturated rings. The molecular formula is C19H28N4O2. The van der Waals surface area contributed by atoms with E-state index >= 15 is 0 Å². The molecule has 2 rings (SSSR count). The zero-order valence-corrected chi connectivity index (χ0v) is 16.2. The summed E-state index contributed by atoms with van der Waals surface area (Å²) in [6.07, 6.45) is 2.24. The average Bonchev–Trinajstić information content (AvgIpc) is 2.89. The van der Waals surface area contributed by atoms with Crippen LogP contribution in [0.4, 0.5) is 0 Å². The van der Waals surface area contributed by atoms with Crippen LogP contribution in [0.3, 0.4) is 0 Å². The number of pyridine rings is 1. The quantitative estimate of drug-likeness (QED) is 0.873. The van der Waals surface area contributed by atoms with Crippen LogP contribution >= 0.6 is 0 Å². The van der Waals surface area contributed by atoms with E-state index in [-0.39, 0.29) is 11.8 Å². The van der Waals surface area contributed by atoms with Gasteiger partial charge in [0, 0.05) is 36.5 Å². The fourth-order valence-corrected chi connectivity index (χ4v) is 3.35. The number of hydrogen-bond acceptors (Lipinski definition) is 4. The molecule has 0 saturated carbocycles. The van der Waals surface area contributed by atoms with Gasteiger partial charge < -0.3 is 9.64 Å². The van der Waals surface area contributed by atoms with E-state index in [2.05, 4.69) is 22.1 Å². The molecule has 0 aliphatic rings. The molecule has 2 aromatic heterocycles. The monoisotopic (exact) mass is 344 g/mol. The Balaban J connectivity index is 2.08. The Morgan fingerprint density at radius 1 is 1.32 bits per heavy atom. The van der Waals surface area contributed by atoms with Crippen molar-refractivity contribution in [3.63, 3.8) is 0 Å². The van der Waals surface area contributed by atoms with E-state index in [1.165, 1.54) is 0 Å². The van der Waals surface area contributed by atoms with Gasteiger partial charge in [-0.25, -0.2) is 0 Å². The number of carbonyl (C=O) groups excluding carboxylic acids is 1. The summed E-state index contributed by atoms with van der Waals surface area (Å²) < 4.78 is 5.44. The summed E-state index contributed by atoms with van der Waals surface area (Å²) in [5.74, 6) is 1.05. The van der Waals surface area contributed by atoms with Gasteiger partial charge in [0.1, 0.15) is 5.75 Å². The van der Waals surface area contributed by atoms with Crippen LogP contribution in [-0.2, 0) is 11.3 Å². The number of aromatic amines is 1. The molecule has 2 heterocycles. The van der Waals surface area contributed by atoms with E-state index in [1.54, 1.807) is 18.2 Å². The molecule has 0 spiro atoms. The number of nitrogens with one attached hydrogen (secondary N) is 1. The Hall–Kier alpha value is -2.37. The summed E-state index contributed by atoms with van der Waals surface area (Å²) >= 11 is 0. The van der Waals surface area contributed by atoms with Gasteiger partial charge in [-0.05, 0) is 39.2 Å². The maximum Gasteiger partial charge on any atom is 0.223 e. The van der Waals surface area contributed by atoms with Crippen molar-refractivity contribution < 1.29 is 9.53 Å². The predicted molar refractivity (Wildman–Crippen MR) is 97.8 cm³/mol. The average molecular weight is 344 g/mol. The molecule has 1 amide bonds. The van der Waals surface area contributed by atoms with Gasteiger partial charge in [0.2, 0.25) is 5.91 Å². The van der Waals surface area contributed by atoms with E-state index in [4.69, 9.17) is 4.74 Å². The lowest BCUT2D eigenvalue weighted by molar-refractivity contribution is -0.130. The molecule has 1 unspecified atom stereocenters. The third-order valence-electron chi connectivity index (χ3n) is 4.72. The number of nitrogens with zero attached hydrogens (tertiary/aromatic N) is 3. The van der Waals surface area contributed by atoms with Crippen molar-refractivity contribution in [2.45, 2.75) is 53.5 Å². The van der Waals surface area contributed by atoms with Gasteiger partial charge in [-0.2, -0.15) is 5.10 Å². The summed E-state index contributed by atoms with van der Waals surface area (Å²) in [4.78, 5) is 18.8. The van der Waals surface area contributed by atoms with Gasteiger partial charge >= 0.3 is 0 Å². The maximum absolute atomic E-state index is 12.6. The van der Waals surface area contributed by atoms with Crippen molar-refractivity contribution in [2.24, 2.45) is 0 Å². The summed E-state index contributed by atoms with van der Waals surface area (Å²) in [6.45, 7) is 10.4. The molecule has 6 nitrogen and oxygen atoms in total. The second kappa shape index (κ2) is 7.68. The first-order valence-corrected chi connectivity index (χ1v) is 8.50. The number of aryl methyl sites for hydroxylation is 3. The van der Waals surface area contributed by atoms with E-state index in [1.807, 2.05) is 34.7 Å². The van der Waals surface area contributed by atoms with Crippen molar-refractivity contribution in [3.05, 3.63) is 40.0 Å². The molecule has 0 aromatic carbocycles. The third-order valence-corrected chi connectivity index (χ3v) is 4.72. The number of ether oxygens (including phenoxy) is 1. The van der Waals surface area contributed by atoms with Crippen LogP contribution < -0.4 is 4.74 Å². The Labute approximate surface area is 149 Å². The highest BCUT2D eigenvalue weighted by Gasteiger charge is 2.21. The maximum atomic E-state index is 12.6. The summed E-state index contributed by atoms with van der Waals surface area (Å²) in [6, 6.07) is 0. The number of amides is 1. The molecule has 0 aliphatic heterocycles.